The monoisotopic (exact) mass is 385 g/mol. The van der Waals surface area contributed by atoms with E-state index in [1.165, 1.54) is 0 Å². The predicted octanol–water partition coefficient (Wildman–Crippen LogP) is 2.79. The van der Waals surface area contributed by atoms with Gasteiger partial charge in [-0.3, -0.25) is 0 Å². The van der Waals surface area contributed by atoms with E-state index in [4.69, 9.17) is 9.53 Å². The van der Waals surface area contributed by atoms with Crippen LogP contribution in [0, 0.1) is 0 Å². The Morgan fingerprint density at radius 3 is 1.93 bits per heavy atom. The van der Waals surface area contributed by atoms with E-state index < -0.39 is 20.5 Å². The normalized spacial score (nSPS) is 13.0. The zero-order valence-corrected chi connectivity index (χ0v) is 17.0. The van der Waals surface area contributed by atoms with Crippen LogP contribution in [0.5, 0.6) is 0 Å². The van der Waals surface area contributed by atoms with E-state index in [0.717, 1.165) is 10.4 Å². The number of nitrogens with one attached hydrogen (secondary N) is 1. The number of hydrogen-bond acceptors (Lipinski definition) is 3. The Morgan fingerprint density at radius 1 is 1.07 bits per heavy atom. The summed E-state index contributed by atoms with van der Waals surface area (Å²) in [6.45, 7) is 6.81. The van der Waals surface area contributed by atoms with Crippen molar-refractivity contribution in [3.05, 3.63) is 60.7 Å². The molecular weight excluding hydrogens is 358 g/mol. The molecule has 0 aromatic heterocycles. The van der Waals surface area contributed by atoms with E-state index in [9.17, 15) is 9.59 Å². The first-order valence-electron chi connectivity index (χ1n) is 9.01. The number of aldehydes is 1. The third-order valence-electron chi connectivity index (χ3n) is 4.64. The van der Waals surface area contributed by atoms with Crippen LogP contribution in [-0.4, -0.2) is 38.5 Å². The molecule has 0 saturated carbocycles. The van der Waals surface area contributed by atoms with Crippen molar-refractivity contribution in [1.82, 2.24) is 5.32 Å². The van der Waals surface area contributed by atoms with Crippen LogP contribution in [0.1, 0.15) is 27.2 Å². The highest BCUT2D eigenvalue weighted by Crippen LogP contribution is 2.36. The maximum absolute atomic E-state index is 11.2. The lowest BCUT2D eigenvalue weighted by atomic mass is 10.2. The molecule has 0 aliphatic carbocycles. The van der Waals surface area contributed by atoms with E-state index in [1.54, 1.807) is 0 Å². The third-order valence-corrected chi connectivity index (χ3v) is 9.68. The van der Waals surface area contributed by atoms with Crippen LogP contribution in [0.15, 0.2) is 60.7 Å². The second kappa shape index (κ2) is 8.97. The summed E-state index contributed by atoms with van der Waals surface area (Å²) < 4.78 is 6.63. The molecule has 0 aliphatic rings. The van der Waals surface area contributed by atoms with Gasteiger partial charge >= 0.3 is 6.09 Å². The van der Waals surface area contributed by atoms with Crippen molar-refractivity contribution in [2.45, 2.75) is 38.3 Å². The molecule has 2 aromatic rings. The van der Waals surface area contributed by atoms with Crippen LogP contribution < -0.4 is 15.7 Å². The fourth-order valence-electron chi connectivity index (χ4n) is 3.43. The Balaban J connectivity index is 2.40. The molecule has 144 valence electrons. The van der Waals surface area contributed by atoms with E-state index in [-0.39, 0.29) is 11.6 Å². The fourth-order valence-corrected chi connectivity index (χ4v) is 8.01. The largest absolute Gasteiger partial charge is 0.465 e. The Kier molecular flexibility index (Phi) is 6.93. The molecule has 2 aromatic carbocycles. The summed E-state index contributed by atoms with van der Waals surface area (Å²) in [4.78, 5) is 22.0. The first-order chi connectivity index (χ1) is 12.8. The number of rotatable bonds is 8. The number of carbonyl (C=O) groups excluding carboxylic acids is 1. The van der Waals surface area contributed by atoms with E-state index in [2.05, 4.69) is 50.4 Å². The van der Waals surface area contributed by atoms with Crippen molar-refractivity contribution >= 4 is 31.1 Å². The summed E-state index contributed by atoms with van der Waals surface area (Å²) >= 11 is 0. The zero-order valence-electron chi connectivity index (χ0n) is 16.0. The number of carbonyl (C=O) groups is 2. The fraction of sp³-hybridized carbons (Fsp3) is 0.333. The first-order valence-corrected chi connectivity index (χ1v) is 10.9. The van der Waals surface area contributed by atoms with Gasteiger partial charge in [-0.1, -0.05) is 81.4 Å². The first kappa shape index (κ1) is 20.9. The predicted molar refractivity (Wildman–Crippen MR) is 109 cm³/mol. The topological polar surface area (TPSA) is 75.6 Å². The summed E-state index contributed by atoms with van der Waals surface area (Å²) in [6.07, 6.45) is -0.305. The van der Waals surface area contributed by atoms with Crippen molar-refractivity contribution in [3.63, 3.8) is 0 Å². The quantitative estimate of drug-likeness (QED) is 0.541. The van der Waals surface area contributed by atoms with Gasteiger partial charge in [0, 0.05) is 6.61 Å². The molecule has 2 N–H and O–H groups in total. The van der Waals surface area contributed by atoms with Gasteiger partial charge in [0.1, 0.15) is 6.29 Å². The number of amides is 1. The second-order valence-electron chi connectivity index (χ2n) is 7.49. The van der Waals surface area contributed by atoms with Gasteiger partial charge in [0.25, 0.3) is 8.32 Å². The molecule has 0 fully saturated rings. The molecule has 0 radical (unpaired) electrons. The molecule has 0 saturated heterocycles. The van der Waals surface area contributed by atoms with Crippen LogP contribution in [-0.2, 0) is 9.22 Å². The Bertz CT molecular complexity index is 704. The molecule has 0 bridgehead atoms. The molecule has 5 nitrogen and oxygen atoms in total. The van der Waals surface area contributed by atoms with Crippen LogP contribution in [0.4, 0.5) is 4.79 Å². The van der Waals surface area contributed by atoms with Crippen molar-refractivity contribution in [3.8, 4) is 0 Å². The molecular formula is C21H27NO4Si. The molecule has 1 amide bonds. The Morgan fingerprint density at radius 2 is 1.56 bits per heavy atom. The number of hydrogen-bond donors (Lipinski definition) is 2. The van der Waals surface area contributed by atoms with Gasteiger partial charge < -0.3 is 19.6 Å². The van der Waals surface area contributed by atoms with Gasteiger partial charge in [-0.15, -0.1) is 0 Å². The maximum Gasteiger partial charge on any atom is 0.405 e. The van der Waals surface area contributed by atoms with Crippen molar-refractivity contribution in [1.29, 1.82) is 0 Å². The summed E-state index contributed by atoms with van der Waals surface area (Å²) in [5.41, 5.74) is 0. The molecule has 1 atom stereocenters. The highest BCUT2D eigenvalue weighted by Gasteiger charge is 2.50. The average Bonchev–Trinajstić information content (AvgIpc) is 2.64. The van der Waals surface area contributed by atoms with Crippen molar-refractivity contribution in [2.75, 3.05) is 6.61 Å². The van der Waals surface area contributed by atoms with Crippen molar-refractivity contribution in [2.24, 2.45) is 0 Å². The van der Waals surface area contributed by atoms with Gasteiger partial charge in [0.15, 0.2) is 0 Å². The average molecular weight is 386 g/mol. The Labute approximate surface area is 161 Å². The minimum Gasteiger partial charge on any atom is -0.465 e. The molecule has 1 unspecified atom stereocenters. The summed E-state index contributed by atoms with van der Waals surface area (Å²) in [5, 5.41) is 13.2. The summed E-state index contributed by atoms with van der Waals surface area (Å²) in [7, 11) is -2.66. The highest BCUT2D eigenvalue weighted by atomic mass is 28.4. The molecule has 2 rings (SSSR count). The van der Waals surface area contributed by atoms with Gasteiger partial charge in [0.05, 0.1) is 6.04 Å². The Hall–Kier alpha value is -2.44. The van der Waals surface area contributed by atoms with Crippen LogP contribution in [0.25, 0.3) is 0 Å². The lowest BCUT2D eigenvalue weighted by Crippen LogP contribution is -2.66. The van der Waals surface area contributed by atoms with Crippen LogP contribution in [0.3, 0.4) is 0 Å². The van der Waals surface area contributed by atoms with Gasteiger partial charge in [-0.25, -0.2) is 4.79 Å². The molecule has 6 heteroatoms. The molecule has 0 spiro atoms. The van der Waals surface area contributed by atoms with Gasteiger partial charge in [-0.2, -0.15) is 0 Å². The van der Waals surface area contributed by atoms with E-state index in [1.807, 2.05) is 36.4 Å². The molecule has 27 heavy (non-hydrogen) atoms. The highest BCUT2D eigenvalue weighted by molar-refractivity contribution is 6.99. The minimum absolute atomic E-state index is 0.160. The number of carboxylic acid groups (broad SMARTS) is 1. The van der Waals surface area contributed by atoms with Crippen LogP contribution in [0.2, 0.25) is 5.04 Å². The second-order valence-corrected chi connectivity index (χ2v) is 11.8. The zero-order chi connectivity index (χ0) is 19.9. The van der Waals surface area contributed by atoms with E-state index >= 15 is 0 Å². The minimum atomic E-state index is -2.66. The number of benzene rings is 2. The van der Waals surface area contributed by atoms with Gasteiger partial charge in [-0.05, 0) is 21.8 Å². The summed E-state index contributed by atoms with van der Waals surface area (Å²) in [6, 6.07) is 19.6. The van der Waals surface area contributed by atoms with E-state index in [0.29, 0.717) is 12.7 Å². The van der Waals surface area contributed by atoms with Gasteiger partial charge in [0.2, 0.25) is 0 Å². The maximum atomic E-state index is 11.2. The van der Waals surface area contributed by atoms with Crippen LogP contribution >= 0.6 is 0 Å². The SMILES string of the molecule is CC(C)(C)[Si](OCCC(C=O)NC(=O)O)(c1ccccc1)c1ccccc1. The summed E-state index contributed by atoms with van der Waals surface area (Å²) in [5.74, 6) is 0. The third kappa shape index (κ3) is 4.84. The lowest BCUT2D eigenvalue weighted by Gasteiger charge is -2.43. The lowest BCUT2D eigenvalue weighted by molar-refractivity contribution is -0.109. The smallest absolute Gasteiger partial charge is 0.405 e. The van der Waals surface area contributed by atoms with Crippen molar-refractivity contribution < 1.29 is 19.1 Å². The molecule has 0 aliphatic heterocycles. The standard InChI is InChI=1S/C21H27NO4Si/c1-21(2,3)27(18-10-6-4-7-11-18,19-12-8-5-9-13-19)26-15-14-17(16-23)22-20(24)25/h4-13,16-17,22H,14-15H2,1-3H3,(H,24,25). The molecule has 0 heterocycles.